The second-order valence-corrected chi connectivity index (χ2v) is 5.17. The van der Waals surface area contributed by atoms with Gasteiger partial charge in [-0.05, 0) is 31.2 Å². The zero-order chi connectivity index (χ0) is 17.6. The molecule has 0 radical (unpaired) electrons. The Hall–Kier alpha value is -3.48. The van der Waals surface area contributed by atoms with Gasteiger partial charge in [-0.15, -0.1) is 5.11 Å². The molecule has 0 aliphatic heterocycles. The van der Waals surface area contributed by atoms with Gasteiger partial charge in [0.1, 0.15) is 0 Å². The molecule has 3 aromatic rings. The van der Waals surface area contributed by atoms with E-state index in [9.17, 15) is 4.79 Å². The highest BCUT2D eigenvalue weighted by Gasteiger charge is 2.12. The molecule has 0 saturated carbocycles. The van der Waals surface area contributed by atoms with E-state index >= 15 is 0 Å². The Bertz CT molecular complexity index is 886. The summed E-state index contributed by atoms with van der Waals surface area (Å²) < 4.78 is 4.95. The smallest absolute Gasteiger partial charge is 0.338 e. The highest BCUT2D eigenvalue weighted by molar-refractivity contribution is 5.89. The largest absolute Gasteiger partial charge is 0.462 e. The number of nitrogens with zero attached hydrogens (tertiary/aromatic N) is 3. The molecule has 1 aromatic heterocycles. The minimum absolute atomic E-state index is 0.269. The molecule has 0 aliphatic rings. The summed E-state index contributed by atoms with van der Waals surface area (Å²) in [5.74, 6) is -0.0952. The predicted octanol–water partition coefficient (Wildman–Crippen LogP) is 4.25. The normalized spacial score (nSPS) is 10.9. The van der Waals surface area contributed by atoms with Gasteiger partial charge in [-0.2, -0.15) is 10.2 Å². The van der Waals surface area contributed by atoms with Gasteiger partial charge >= 0.3 is 5.97 Å². The molecule has 126 valence electrons. The van der Waals surface area contributed by atoms with E-state index in [1.165, 1.54) is 0 Å². The van der Waals surface area contributed by atoms with Crippen LogP contribution in [0.5, 0.6) is 0 Å². The van der Waals surface area contributed by atoms with E-state index in [0.29, 0.717) is 29.2 Å². The van der Waals surface area contributed by atoms with E-state index < -0.39 is 0 Å². The minimum atomic E-state index is -0.364. The van der Waals surface area contributed by atoms with Crippen molar-refractivity contribution in [2.75, 3.05) is 12.3 Å². The lowest BCUT2D eigenvalue weighted by Gasteiger charge is -2.01. The van der Waals surface area contributed by atoms with Crippen molar-refractivity contribution in [2.24, 2.45) is 10.2 Å². The number of anilines is 1. The standard InChI is InChI=1S/C18H17N5O2/c1-2-25-18(24)13-8-10-14(11-9-13)20-22-16-15(21-23-17(16)19)12-6-4-3-5-7-12/h3-11H,2H2,1H3,(H3,19,21,23). The first-order valence-corrected chi connectivity index (χ1v) is 7.77. The van der Waals surface area contributed by atoms with Crippen molar-refractivity contribution in [3.05, 3.63) is 60.2 Å². The first-order chi connectivity index (χ1) is 12.2. The summed E-state index contributed by atoms with van der Waals surface area (Å²) in [5.41, 5.74) is 9.03. The fraction of sp³-hybridized carbons (Fsp3) is 0.111. The van der Waals surface area contributed by atoms with E-state index in [1.807, 2.05) is 30.3 Å². The second-order valence-electron chi connectivity index (χ2n) is 5.17. The first kappa shape index (κ1) is 16.4. The van der Waals surface area contributed by atoms with Gasteiger partial charge in [-0.25, -0.2) is 4.79 Å². The number of benzene rings is 2. The topological polar surface area (TPSA) is 106 Å². The van der Waals surface area contributed by atoms with Gasteiger partial charge in [0, 0.05) is 5.56 Å². The highest BCUT2D eigenvalue weighted by atomic mass is 16.5. The molecule has 0 aliphatic carbocycles. The summed E-state index contributed by atoms with van der Waals surface area (Å²) in [4.78, 5) is 11.6. The lowest BCUT2D eigenvalue weighted by Crippen LogP contribution is -2.03. The molecule has 3 rings (SSSR count). The molecule has 0 saturated heterocycles. The molecule has 25 heavy (non-hydrogen) atoms. The lowest BCUT2D eigenvalue weighted by molar-refractivity contribution is 0.0526. The number of carbonyl (C=O) groups is 1. The van der Waals surface area contributed by atoms with Crippen LogP contribution in [0.3, 0.4) is 0 Å². The number of hydrogen-bond donors (Lipinski definition) is 2. The number of nitrogens with two attached hydrogens (primary N) is 1. The van der Waals surface area contributed by atoms with Crippen molar-refractivity contribution in [3.63, 3.8) is 0 Å². The molecular formula is C18H17N5O2. The summed E-state index contributed by atoms with van der Waals surface area (Å²) >= 11 is 0. The van der Waals surface area contributed by atoms with Crippen molar-refractivity contribution < 1.29 is 9.53 Å². The predicted molar refractivity (Wildman–Crippen MR) is 95.0 cm³/mol. The quantitative estimate of drug-likeness (QED) is 0.537. The number of esters is 1. The Labute approximate surface area is 144 Å². The Balaban J connectivity index is 1.83. The molecular weight excluding hydrogens is 318 g/mol. The maximum Gasteiger partial charge on any atom is 0.338 e. The number of H-pyrrole nitrogens is 1. The molecule has 7 heteroatoms. The Kier molecular flexibility index (Phi) is 4.84. The van der Waals surface area contributed by atoms with Gasteiger partial charge in [0.15, 0.2) is 11.5 Å². The van der Waals surface area contributed by atoms with Crippen LogP contribution in [0, 0.1) is 0 Å². The fourth-order valence-electron chi connectivity index (χ4n) is 2.24. The average Bonchev–Trinajstić information content (AvgIpc) is 3.02. The Morgan fingerprint density at radius 3 is 2.52 bits per heavy atom. The van der Waals surface area contributed by atoms with E-state index in [0.717, 1.165) is 5.56 Å². The number of nitrogen functional groups attached to an aromatic ring is 1. The van der Waals surface area contributed by atoms with Crippen molar-refractivity contribution >= 4 is 23.2 Å². The summed E-state index contributed by atoms with van der Waals surface area (Å²) in [6, 6.07) is 16.3. The summed E-state index contributed by atoms with van der Waals surface area (Å²) in [6.07, 6.45) is 0. The van der Waals surface area contributed by atoms with Gasteiger partial charge in [0.2, 0.25) is 0 Å². The zero-order valence-electron chi connectivity index (χ0n) is 13.6. The number of carbonyl (C=O) groups excluding carboxylic acids is 1. The summed E-state index contributed by atoms with van der Waals surface area (Å²) in [5, 5.41) is 15.3. The third-order valence-electron chi connectivity index (χ3n) is 3.47. The van der Waals surface area contributed by atoms with Crippen LogP contribution in [-0.2, 0) is 4.74 Å². The van der Waals surface area contributed by atoms with Crippen LogP contribution in [0.1, 0.15) is 17.3 Å². The molecule has 7 nitrogen and oxygen atoms in total. The highest BCUT2D eigenvalue weighted by Crippen LogP contribution is 2.33. The van der Waals surface area contributed by atoms with Gasteiger partial charge in [0.05, 0.1) is 23.6 Å². The van der Waals surface area contributed by atoms with E-state index in [4.69, 9.17) is 10.5 Å². The minimum Gasteiger partial charge on any atom is -0.462 e. The average molecular weight is 335 g/mol. The van der Waals surface area contributed by atoms with Gasteiger partial charge in [0.25, 0.3) is 0 Å². The molecule has 0 amide bonds. The maximum atomic E-state index is 11.6. The summed E-state index contributed by atoms with van der Waals surface area (Å²) in [6.45, 7) is 2.10. The van der Waals surface area contributed by atoms with Crippen LogP contribution in [0.15, 0.2) is 64.8 Å². The number of nitrogens with one attached hydrogen (secondary N) is 1. The molecule has 0 atom stereocenters. The Morgan fingerprint density at radius 1 is 1.12 bits per heavy atom. The van der Waals surface area contributed by atoms with E-state index in [2.05, 4.69) is 20.4 Å². The van der Waals surface area contributed by atoms with Crippen LogP contribution in [-0.4, -0.2) is 22.8 Å². The molecule has 0 bridgehead atoms. The SMILES string of the molecule is CCOC(=O)c1ccc(N=Nc2c(N)n[nH]c2-c2ccccc2)cc1. The van der Waals surface area contributed by atoms with E-state index in [-0.39, 0.29) is 11.8 Å². The van der Waals surface area contributed by atoms with Crippen molar-refractivity contribution in [2.45, 2.75) is 6.92 Å². The van der Waals surface area contributed by atoms with Gasteiger partial charge < -0.3 is 10.5 Å². The van der Waals surface area contributed by atoms with E-state index in [1.54, 1.807) is 31.2 Å². The van der Waals surface area contributed by atoms with Gasteiger partial charge in [-0.1, -0.05) is 30.3 Å². The molecule has 0 fully saturated rings. The number of ether oxygens (including phenoxy) is 1. The molecule has 2 aromatic carbocycles. The number of azo groups is 1. The van der Waals surface area contributed by atoms with Crippen LogP contribution in [0.4, 0.5) is 17.2 Å². The maximum absolute atomic E-state index is 11.6. The van der Waals surface area contributed by atoms with Crippen molar-refractivity contribution in [1.29, 1.82) is 0 Å². The third kappa shape index (κ3) is 3.72. The third-order valence-corrected chi connectivity index (χ3v) is 3.47. The van der Waals surface area contributed by atoms with Crippen molar-refractivity contribution in [3.8, 4) is 11.3 Å². The Morgan fingerprint density at radius 2 is 1.84 bits per heavy atom. The van der Waals surface area contributed by atoms with Crippen LogP contribution in [0.25, 0.3) is 11.3 Å². The van der Waals surface area contributed by atoms with Crippen LogP contribution >= 0.6 is 0 Å². The van der Waals surface area contributed by atoms with Crippen molar-refractivity contribution in [1.82, 2.24) is 10.2 Å². The second kappa shape index (κ2) is 7.39. The monoisotopic (exact) mass is 335 g/mol. The summed E-state index contributed by atoms with van der Waals surface area (Å²) in [7, 11) is 0. The number of aromatic amines is 1. The fourth-order valence-corrected chi connectivity index (χ4v) is 2.24. The van der Waals surface area contributed by atoms with Gasteiger partial charge in [-0.3, -0.25) is 5.10 Å². The molecule has 0 spiro atoms. The number of aromatic nitrogens is 2. The molecule has 1 heterocycles. The zero-order valence-corrected chi connectivity index (χ0v) is 13.6. The lowest BCUT2D eigenvalue weighted by atomic mass is 10.1. The number of rotatable bonds is 5. The molecule has 0 unspecified atom stereocenters. The first-order valence-electron chi connectivity index (χ1n) is 7.77. The molecule has 3 N–H and O–H groups in total. The van der Waals surface area contributed by atoms with Crippen LogP contribution < -0.4 is 5.73 Å². The number of hydrogen-bond acceptors (Lipinski definition) is 6. The van der Waals surface area contributed by atoms with Crippen LogP contribution in [0.2, 0.25) is 0 Å².